The largest absolute Gasteiger partial charge is 0.392 e. The van der Waals surface area contributed by atoms with Crippen LogP contribution in [-0.4, -0.2) is 17.8 Å². The second kappa shape index (κ2) is 4.71. The molecule has 1 aromatic rings. The minimum absolute atomic E-state index is 0.0410. The molecule has 3 N–H and O–H groups in total. The standard InChI is InChI=1S/C14H20BrNO/c1-14(2)7-12(14)13(17)11(8-16)9-4-3-5-10(15)6-9/h3-6,11-13,17H,7-8,16H2,1-2H3. The van der Waals surface area contributed by atoms with Gasteiger partial charge in [0.2, 0.25) is 0 Å². The molecule has 2 rings (SSSR count). The molecule has 3 atom stereocenters. The molecule has 0 amide bonds. The van der Waals surface area contributed by atoms with E-state index in [0.717, 1.165) is 16.5 Å². The molecule has 0 aliphatic heterocycles. The third-order valence-corrected chi connectivity index (χ3v) is 4.44. The van der Waals surface area contributed by atoms with Crippen molar-refractivity contribution in [1.82, 2.24) is 0 Å². The summed E-state index contributed by atoms with van der Waals surface area (Å²) in [6.45, 7) is 4.90. The van der Waals surface area contributed by atoms with Gasteiger partial charge >= 0.3 is 0 Å². The monoisotopic (exact) mass is 297 g/mol. The molecule has 1 aliphatic carbocycles. The summed E-state index contributed by atoms with van der Waals surface area (Å²) >= 11 is 3.46. The summed E-state index contributed by atoms with van der Waals surface area (Å²) in [5.74, 6) is 0.425. The fourth-order valence-electron chi connectivity index (χ4n) is 2.58. The van der Waals surface area contributed by atoms with Crippen LogP contribution in [0.2, 0.25) is 0 Å². The van der Waals surface area contributed by atoms with Gasteiger partial charge in [-0.15, -0.1) is 0 Å². The molecule has 0 heterocycles. The molecular weight excluding hydrogens is 278 g/mol. The van der Waals surface area contributed by atoms with Gasteiger partial charge < -0.3 is 10.8 Å². The van der Waals surface area contributed by atoms with Crippen molar-refractivity contribution in [2.45, 2.75) is 32.3 Å². The highest BCUT2D eigenvalue weighted by molar-refractivity contribution is 9.10. The number of hydrogen-bond donors (Lipinski definition) is 2. The molecule has 0 radical (unpaired) electrons. The molecule has 0 aromatic heterocycles. The van der Waals surface area contributed by atoms with Crippen molar-refractivity contribution in [3.05, 3.63) is 34.3 Å². The van der Waals surface area contributed by atoms with Gasteiger partial charge in [-0.2, -0.15) is 0 Å². The summed E-state index contributed by atoms with van der Waals surface area (Å²) in [6.07, 6.45) is 0.767. The summed E-state index contributed by atoms with van der Waals surface area (Å²) in [5, 5.41) is 10.4. The van der Waals surface area contributed by atoms with Crippen LogP contribution in [0.15, 0.2) is 28.7 Å². The predicted molar refractivity (Wildman–Crippen MR) is 73.8 cm³/mol. The van der Waals surface area contributed by atoms with Crippen molar-refractivity contribution in [2.75, 3.05) is 6.54 Å². The number of aliphatic hydroxyl groups excluding tert-OH is 1. The lowest BCUT2D eigenvalue weighted by atomic mass is 9.88. The first kappa shape index (κ1) is 13.1. The smallest absolute Gasteiger partial charge is 0.0654 e. The van der Waals surface area contributed by atoms with Crippen LogP contribution in [-0.2, 0) is 0 Å². The number of halogens is 1. The molecule has 94 valence electrons. The SMILES string of the molecule is CC1(C)CC1C(O)C(CN)c1cccc(Br)c1. The number of benzene rings is 1. The Morgan fingerprint density at radius 3 is 2.65 bits per heavy atom. The van der Waals surface area contributed by atoms with Gasteiger partial charge in [-0.1, -0.05) is 41.9 Å². The highest BCUT2D eigenvalue weighted by Crippen LogP contribution is 2.55. The van der Waals surface area contributed by atoms with Gasteiger partial charge in [0.15, 0.2) is 0 Å². The summed E-state index contributed by atoms with van der Waals surface area (Å²) < 4.78 is 1.04. The Morgan fingerprint density at radius 2 is 2.18 bits per heavy atom. The lowest BCUT2D eigenvalue weighted by molar-refractivity contribution is 0.109. The maximum atomic E-state index is 10.4. The zero-order chi connectivity index (χ0) is 12.6. The molecule has 2 nitrogen and oxygen atoms in total. The van der Waals surface area contributed by atoms with Gasteiger partial charge in [0.05, 0.1) is 6.10 Å². The summed E-state index contributed by atoms with van der Waals surface area (Å²) in [6, 6.07) is 8.08. The first-order valence-corrected chi connectivity index (χ1v) is 6.88. The van der Waals surface area contributed by atoms with E-state index in [4.69, 9.17) is 5.73 Å². The quantitative estimate of drug-likeness (QED) is 0.898. The number of rotatable bonds is 4. The van der Waals surface area contributed by atoms with Crippen LogP contribution < -0.4 is 5.73 Å². The zero-order valence-electron chi connectivity index (χ0n) is 10.4. The Morgan fingerprint density at radius 1 is 1.53 bits per heavy atom. The van der Waals surface area contributed by atoms with Gasteiger partial charge in [-0.05, 0) is 35.4 Å². The van der Waals surface area contributed by atoms with Gasteiger partial charge in [0.25, 0.3) is 0 Å². The number of hydrogen-bond acceptors (Lipinski definition) is 2. The fourth-order valence-corrected chi connectivity index (χ4v) is 3.00. The molecule has 0 saturated heterocycles. The second-order valence-electron chi connectivity index (χ2n) is 5.69. The van der Waals surface area contributed by atoms with Crippen molar-refractivity contribution < 1.29 is 5.11 Å². The van der Waals surface area contributed by atoms with Crippen molar-refractivity contribution in [2.24, 2.45) is 17.1 Å². The van der Waals surface area contributed by atoms with Crippen LogP contribution in [0.4, 0.5) is 0 Å². The van der Waals surface area contributed by atoms with Gasteiger partial charge in [0.1, 0.15) is 0 Å². The lowest BCUT2D eigenvalue weighted by Crippen LogP contribution is -2.29. The molecule has 3 unspecified atom stereocenters. The van der Waals surface area contributed by atoms with Gasteiger partial charge in [-0.25, -0.2) is 0 Å². The van der Waals surface area contributed by atoms with E-state index in [1.54, 1.807) is 0 Å². The Bertz CT molecular complexity index is 405. The minimum Gasteiger partial charge on any atom is -0.392 e. The van der Waals surface area contributed by atoms with Crippen LogP contribution >= 0.6 is 15.9 Å². The number of aliphatic hydroxyl groups is 1. The van der Waals surface area contributed by atoms with E-state index in [0.29, 0.717) is 12.5 Å². The van der Waals surface area contributed by atoms with Crippen LogP contribution in [0.5, 0.6) is 0 Å². The van der Waals surface area contributed by atoms with E-state index in [1.165, 1.54) is 0 Å². The van der Waals surface area contributed by atoms with Crippen molar-refractivity contribution >= 4 is 15.9 Å². The third-order valence-electron chi connectivity index (χ3n) is 3.94. The number of nitrogens with two attached hydrogens (primary N) is 1. The Hall–Kier alpha value is -0.380. The van der Waals surface area contributed by atoms with E-state index >= 15 is 0 Å². The first-order valence-electron chi connectivity index (χ1n) is 6.09. The van der Waals surface area contributed by atoms with Crippen LogP contribution in [0, 0.1) is 11.3 Å². The second-order valence-corrected chi connectivity index (χ2v) is 6.60. The van der Waals surface area contributed by atoms with E-state index in [-0.39, 0.29) is 17.4 Å². The normalized spacial score (nSPS) is 25.4. The lowest BCUT2D eigenvalue weighted by Gasteiger charge is -2.23. The molecule has 0 spiro atoms. The third kappa shape index (κ3) is 2.72. The van der Waals surface area contributed by atoms with Crippen molar-refractivity contribution in [3.63, 3.8) is 0 Å². The van der Waals surface area contributed by atoms with Crippen molar-refractivity contribution in [3.8, 4) is 0 Å². The highest BCUT2D eigenvalue weighted by Gasteiger charge is 2.51. The van der Waals surface area contributed by atoms with Crippen molar-refractivity contribution in [1.29, 1.82) is 0 Å². The van der Waals surface area contributed by atoms with E-state index in [2.05, 4.69) is 35.8 Å². The maximum Gasteiger partial charge on any atom is 0.0654 e. The molecule has 1 aromatic carbocycles. The molecule has 1 saturated carbocycles. The molecule has 1 fully saturated rings. The predicted octanol–water partition coefficient (Wildman–Crippen LogP) is 2.90. The average molecular weight is 298 g/mol. The first-order chi connectivity index (χ1) is 7.95. The van der Waals surface area contributed by atoms with Crippen LogP contribution in [0.25, 0.3) is 0 Å². The topological polar surface area (TPSA) is 46.2 Å². The Labute approximate surface area is 111 Å². The minimum atomic E-state index is -0.329. The average Bonchev–Trinajstić information content (AvgIpc) is 2.89. The van der Waals surface area contributed by atoms with Gasteiger partial charge in [0, 0.05) is 16.9 Å². The highest BCUT2D eigenvalue weighted by atomic mass is 79.9. The Balaban J connectivity index is 2.16. The molecule has 1 aliphatic rings. The van der Waals surface area contributed by atoms with Crippen LogP contribution in [0.1, 0.15) is 31.7 Å². The summed E-state index contributed by atoms with van der Waals surface area (Å²) in [4.78, 5) is 0. The molecule has 17 heavy (non-hydrogen) atoms. The van der Waals surface area contributed by atoms with E-state index in [1.807, 2.05) is 18.2 Å². The molecule has 0 bridgehead atoms. The maximum absolute atomic E-state index is 10.4. The van der Waals surface area contributed by atoms with Gasteiger partial charge in [-0.3, -0.25) is 0 Å². The Kier molecular flexibility index (Phi) is 3.62. The fraction of sp³-hybridized carbons (Fsp3) is 0.571. The molecule has 3 heteroatoms. The summed E-state index contributed by atoms with van der Waals surface area (Å²) in [7, 11) is 0. The van der Waals surface area contributed by atoms with E-state index in [9.17, 15) is 5.11 Å². The van der Waals surface area contributed by atoms with E-state index < -0.39 is 0 Å². The van der Waals surface area contributed by atoms with Crippen LogP contribution in [0.3, 0.4) is 0 Å². The summed E-state index contributed by atoms with van der Waals surface area (Å²) in [5.41, 5.74) is 7.23. The molecular formula is C14H20BrNO. The zero-order valence-corrected chi connectivity index (χ0v) is 11.9.